The first-order valence-corrected chi connectivity index (χ1v) is 5.56. The van der Waals surface area contributed by atoms with Gasteiger partial charge in [0.25, 0.3) is 0 Å². The summed E-state index contributed by atoms with van der Waals surface area (Å²) in [6.45, 7) is 4.57. The van der Waals surface area contributed by atoms with Crippen LogP contribution >= 0.6 is 22.6 Å². The Morgan fingerprint density at radius 2 is 2.17 bits per heavy atom. The lowest BCUT2D eigenvalue weighted by Gasteiger charge is -2.09. The van der Waals surface area contributed by atoms with Crippen molar-refractivity contribution < 1.29 is 0 Å². The van der Waals surface area contributed by atoms with Crippen molar-refractivity contribution in [3.8, 4) is 0 Å². The fourth-order valence-electron chi connectivity index (χ4n) is 2.11. The Kier molecular flexibility index (Phi) is 2.15. The van der Waals surface area contributed by atoms with Crippen molar-refractivity contribution in [3.63, 3.8) is 0 Å². The van der Waals surface area contributed by atoms with Crippen LogP contribution in [0, 0.1) is 10.5 Å². The minimum Gasteiger partial charge on any atom is -0.0584 e. The summed E-state index contributed by atoms with van der Waals surface area (Å²) in [5.41, 5.74) is 4.72. The van der Waals surface area contributed by atoms with Gasteiger partial charge in [0, 0.05) is 3.57 Å². The van der Waals surface area contributed by atoms with E-state index < -0.39 is 0 Å². The molecule has 0 fully saturated rings. The number of fused-ring (bicyclic) bond motifs is 1. The van der Waals surface area contributed by atoms with Gasteiger partial charge in [-0.05, 0) is 71.0 Å². The van der Waals surface area contributed by atoms with Crippen LogP contribution < -0.4 is 0 Å². The van der Waals surface area contributed by atoms with Crippen molar-refractivity contribution in [1.82, 2.24) is 0 Å². The molecule has 0 saturated carbocycles. The SMILES string of the molecule is Cc1ccc(I)c2c1CCC2C. The van der Waals surface area contributed by atoms with Gasteiger partial charge in [-0.15, -0.1) is 0 Å². The molecule has 1 aromatic carbocycles. The Morgan fingerprint density at radius 1 is 1.42 bits per heavy atom. The molecule has 1 unspecified atom stereocenters. The van der Waals surface area contributed by atoms with Gasteiger partial charge in [-0.1, -0.05) is 13.0 Å². The van der Waals surface area contributed by atoms with Crippen molar-refractivity contribution in [2.75, 3.05) is 0 Å². The summed E-state index contributed by atoms with van der Waals surface area (Å²) in [5.74, 6) is 0.784. The highest BCUT2D eigenvalue weighted by Gasteiger charge is 2.21. The van der Waals surface area contributed by atoms with E-state index in [4.69, 9.17) is 0 Å². The molecule has 1 aliphatic carbocycles. The van der Waals surface area contributed by atoms with E-state index in [9.17, 15) is 0 Å². The molecule has 0 amide bonds. The molecule has 0 nitrogen and oxygen atoms in total. The fourth-order valence-corrected chi connectivity index (χ4v) is 3.15. The van der Waals surface area contributed by atoms with Crippen molar-refractivity contribution in [2.45, 2.75) is 32.6 Å². The fraction of sp³-hybridized carbons (Fsp3) is 0.455. The molecule has 2 rings (SSSR count). The van der Waals surface area contributed by atoms with E-state index in [0.717, 1.165) is 5.92 Å². The van der Waals surface area contributed by atoms with Crippen molar-refractivity contribution in [2.24, 2.45) is 0 Å². The Balaban J connectivity index is 2.64. The Labute approximate surface area is 87.5 Å². The highest BCUT2D eigenvalue weighted by molar-refractivity contribution is 14.1. The number of aryl methyl sites for hydroxylation is 1. The molecule has 1 heteroatoms. The summed E-state index contributed by atoms with van der Waals surface area (Å²) in [4.78, 5) is 0. The first-order chi connectivity index (χ1) is 5.70. The molecule has 0 radical (unpaired) electrons. The maximum atomic E-state index is 2.46. The lowest BCUT2D eigenvalue weighted by Crippen LogP contribution is -1.93. The molecule has 0 bridgehead atoms. The molecule has 64 valence electrons. The van der Waals surface area contributed by atoms with Gasteiger partial charge in [0.05, 0.1) is 0 Å². The second-order valence-electron chi connectivity index (χ2n) is 3.70. The summed E-state index contributed by atoms with van der Waals surface area (Å²) in [6.07, 6.45) is 2.63. The Hall–Kier alpha value is -0.0500. The highest BCUT2D eigenvalue weighted by Crippen LogP contribution is 2.37. The summed E-state index contributed by atoms with van der Waals surface area (Å²) < 4.78 is 1.46. The third-order valence-electron chi connectivity index (χ3n) is 2.86. The van der Waals surface area contributed by atoms with Crippen LogP contribution in [-0.2, 0) is 6.42 Å². The minimum absolute atomic E-state index is 0.784. The predicted molar refractivity (Wildman–Crippen MR) is 60.6 cm³/mol. The van der Waals surface area contributed by atoms with Gasteiger partial charge in [-0.2, -0.15) is 0 Å². The zero-order valence-corrected chi connectivity index (χ0v) is 9.68. The van der Waals surface area contributed by atoms with Crippen LogP contribution in [0.5, 0.6) is 0 Å². The van der Waals surface area contributed by atoms with Gasteiger partial charge in [-0.3, -0.25) is 0 Å². The van der Waals surface area contributed by atoms with E-state index in [2.05, 4.69) is 48.6 Å². The molecular weight excluding hydrogens is 259 g/mol. The van der Waals surface area contributed by atoms with Crippen LogP contribution in [0.1, 0.15) is 36.0 Å². The molecule has 1 atom stereocenters. The Morgan fingerprint density at radius 3 is 2.83 bits per heavy atom. The van der Waals surface area contributed by atoms with E-state index in [1.54, 1.807) is 11.1 Å². The van der Waals surface area contributed by atoms with Crippen LogP contribution in [0.15, 0.2) is 12.1 Å². The maximum absolute atomic E-state index is 2.46. The zero-order valence-electron chi connectivity index (χ0n) is 7.52. The van der Waals surface area contributed by atoms with Crippen molar-refractivity contribution in [3.05, 3.63) is 32.4 Å². The smallest absolute Gasteiger partial charge is 0.0168 e. The van der Waals surface area contributed by atoms with Gasteiger partial charge >= 0.3 is 0 Å². The second kappa shape index (κ2) is 3.02. The number of rotatable bonds is 0. The van der Waals surface area contributed by atoms with E-state index in [1.807, 2.05) is 0 Å². The number of benzene rings is 1. The average molecular weight is 272 g/mol. The van der Waals surface area contributed by atoms with E-state index in [1.165, 1.54) is 22.0 Å². The molecule has 0 saturated heterocycles. The third-order valence-corrected chi connectivity index (χ3v) is 3.80. The molecule has 0 spiro atoms. The summed E-state index contributed by atoms with van der Waals surface area (Å²) in [7, 11) is 0. The average Bonchev–Trinajstić information content (AvgIpc) is 2.42. The van der Waals surface area contributed by atoms with Crippen molar-refractivity contribution >= 4 is 22.6 Å². The van der Waals surface area contributed by atoms with Crippen LogP contribution in [0.4, 0.5) is 0 Å². The number of hydrogen-bond donors (Lipinski definition) is 0. The summed E-state index contributed by atoms with van der Waals surface area (Å²) >= 11 is 2.46. The Bertz CT molecular complexity index is 315. The predicted octanol–water partition coefficient (Wildman–Crippen LogP) is 3.65. The summed E-state index contributed by atoms with van der Waals surface area (Å²) in [5, 5.41) is 0. The zero-order chi connectivity index (χ0) is 8.72. The lowest BCUT2D eigenvalue weighted by atomic mass is 10.0. The molecule has 12 heavy (non-hydrogen) atoms. The second-order valence-corrected chi connectivity index (χ2v) is 4.86. The summed E-state index contributed by atoms with van der Waals surface area (Å²) in [6, 6.07) is 4.50. The van der Waals surface area contributed by atoms with Crippen molar-refractivity contribution in [1.29, 1.82) is 0 Å². The monoisotopic (exact) mass is 272 g/mol. The third kappa shape index (κ3) is 1.18. The van der Waals surface area contributed by atoms with E-state index in [-0.39, 0.29) is 0 Å². The van der Waals surface area contributed by atoms with Gasteiger partial charge in [0.2, 0.25) is 0 Å². The normalized spacial score (nSPS) is 21.1. The van der Waals surface area contributed by atoms with Crippen LogP contribution in [0.25, 0.3) is 0 Å². The van der Waals surface area contributed by atoms with Crippen LogP contribution in [-0.4, -0.2) is 0 Å². The maximum Gasteiger partial charge on any atom is 0.0168 e. The molecule has 1 aliphatic rings. The first kappa shape index (κ1) is 8.54. The molecule has 0 aliphatic heterocycles. The van der Waals surface area contributed by atoms with Crippen LogP contribution in [0.2, 0.25) is 0 Å². The standard InChI is InChI=1S/C11H13I/c1-7-4-6-10(12)11-8(2)3-5-9(7)11/h4,6,8H,3,5H2,1-2H3. The van der Waals surface area contributed by atoms with E-state index >= 15 is 0 Å². The highest BCUT2D eigenvalue weighted by atomic mass is 127. The molecule has 1 aromatic rings. The topological polar surface area (TPSA) is 0 Å². The van der Waals surface area contributed by atoms with Crippen LogP contribution in [0.3, 0.4) is 0 Å². The van der Waals surface area contributed by atoms with Gasteiger partial charge < -0.3 is 0 Å². The molecular formula is C11H13I. The quantitative estimate of drug-likeness (QED) is 0.632. The van der Waals surface area contributed by atoms with Gasteiger partial charge in [0.15, 0.2) is 0 Å². The minimum atomic E-state index is 0.784. The lowest BCUT2D eigenvalue weighted by molar-refractivity contribution is 0.745. The number of halogens is 1. The molecule has 0 heterocycles. The van der Waals surface area contributed by atoms with Gasteiger partial charge in [0.1, 0.15) is 0 Å². The molecule has 0 N–H and O–H groups in total. The first-order valence-electron chi connectivity index (χ1n) is 4.48. The van der Waals surface area contributed by atoms with Gasteiger partial charge in [-0.25, -0.2) is 0 Å². The van der Waals surface area contributed by atoms with E-state index in [0.29, 0.717) is 0 Å². The largest absolute Gasteiger partial charge is 0.0584 e. The number of hydrogen-bond acceptors (Lipinski definition) is 0. The molecule has 0 aromatic heterocycles.